The molecule has 1 atom stereocenters. The minimum atomic E-state index is 0.686. The first-order chi connectivity index (χ1) is 7.58. The van der Waals surface area contributed by atoms with Crippen LogP contribution in [-0.4, -0.2) is 37.6 Å². The summed E-state index contributed by atoms with van der Waals surface area (Å²) < 4.78 is 0. The maximum absolute atomic E-state index is 3.66. The summed E-state index contributed by atoms with van der Waals surface area (Å²) in [6.07, 6.45) is 5.47. The fourth-order valence-electron chi connectivity index (χ4n) is 2.68. The lowest BCUT2D eigenvalue weighted by atomic mass is 9.93. The highest BCUT2D eigenvalue weighted by Crippen LogP contribution is 2.18. The second-order valence-electron chi connectivity index (χ2n) is 6.02. The van der Waals surface area contributed by atoms with Crippen molar-refractivity contribution in [2.75, 3.05) is 26.7 Å². The monoisotopic (exact) mass is 226 g/mol. The van der Waals surface area contributed by atoms with Gasteiger partial charge in [-0.1, -0.05) is 13.8 Å². The molecule has 1 saturated heterocycles. The van der Waals surface area contributed by atoms with Gasteiger partial charge in [0, 0.05) is 6.04 Å². The van der Waals surface area contributed by atoms with Crippen molar-refractivity contribution >= 4 is 0 Å². The Kier molecular flexibility index (Phi) is 6.37. The summed E-state index contributed by atoms with van der Waals surface area (Å²) >= 11 is 0. The minimum absolute atomic E-state index is 0.686. The number of hydrogen-bond acceptors (Lipinski definition) is 2. The van der Waals surface area contributed by atoms with Gasteiger partial charge in [0.2, 0.25) is 0 Å². The Morgan fingerprint density at radius 3 is 2.38 bits per heavy atom. The van der Waals surface area contributed by atoms with Gasteiger partial charge in [-0.15, -0.1) is 0 Å². The Hall–Kier alpha value is -0.0800. The molecule has 0 aromatic rings. The van der Waals surface area contributed by atoms with Crippen molar-refractivity contribution < 1.29 is 0 Å². The lowest BCUT2D eigenvalue weighted by Gasteiger charge is -2.29. The molecule has 0 amide bonds. The third kappa shape index (κ3) is 5.86. The zero-order valence-corrected chi connectivity index (χ0v) is 11.6. The van der Waals surface area contributed by atoms with Crippen LogP contribution in [0.15, 0.2) is 0 Å². The molecule has 0 aliphatic carbocycles. The molecule has 96 valence electrons. The van der Waals surface area contributed by atoms with E-state index in [1.54, 1.807) is 0 Å². The van der Waals surface area contributed by atoms with Crippen LogP contribution in [-0.2, 0) is 0 Å². The molecule has 2 heteroatoms. The van der Waals surface area contributed by atoms with E-state index < -0.39 is 0 Å². The van der Waals surface area contributed by atoms with Crippen LogP contribution >= 0.6 is 0 Å². The summed E-state index contributed by atoms with van der Waals surface area (Å²) in [4.78, 5) is 2.45. The highest BCUT2D eigenvalue weighted by atomic mass is 15.1. The molecule has 0 spiro atoms. The van der Waals surface area contributed by atoms with Gasteiger partial charge in [0.15, 0.2) is 0 Å². The molecule has 1 aliphatic rings. The van der Waals surface area contributed by atoms with Gasteiger partial charge in [0.25, 0.3) is 0 Å². The van der Waals surface area contributed by atoms with Gasteiger partial charge in [-0.3, -0.25) is 0 Å². The molecule has 16 heavy (non-hydrogen) atoms. The van der Waals surface area contributed by atoms with Crippen LogP contribution in [0.3, 0.4) is 0 Å². The van der Waals surface area contributed by atoms with E-state index in [1.165, 1.54) is 45.3 Å². The number of nitrogens with zero attached hydrogens (tertiary/aromatic N) is 1. The van der Waals surface area contributed by atoms with Crippen molar-refractivity contribution in [3.05, 3.63) is 0 Å². The second kappa shape index (κ2) is 7.29. The van der Waals surface area contributed by atoms with Crippen molar-refractivity contribution in [1.29, 1.82) is 0 Å². The molecule has 0 bridgehead atoms. The first kappa shape index (κ1) is 14.0. The van der Waals surface area contributed by atoms with Gasteiger partial charge in [0.1, 0.15) is 0 Å². The predicted octanol–water partition coefficient (Wildman–Crippen LogP) is 2.74. The number of likely N-dealkylation sites (tertiary alicyclic amines) is 1. The lowest BCUT2D eigenvalue weighted by Crippen LogP contribution is -2.33. The molecule has 1 aliphatic heterocycles. The zero-order chi connectivity index (χ0) is 12.0. The van der Waals surface area contributed by atoms with Gasteiger partial charge in [-0.2, -0.15) is 0 Å². The van der Waals surface area contributed by atoms with Crippen molar-refractivity contribution in [1.82, 2.24) is 10.2 Å². The highest BCUT2D eigenvalue weighted by molar-refractivity contribution is 4.72. The molecule has 2 nitrogen and oxygen atoms in total. The molecule has 0 saturated carbocycles. The van der Waals surface area contributed by atoms with E-state index in [4.69, 9.17) is 0 Å². The van der Waals surface area contributed by atoms with E-state index >= 15 is 0 Å². The molecule has 1 unspecified atom stereocenters. The summed E-state index contributed by atoms with van der Waals surface area (Å²) in [6, 6.07) is 0.686. The maximum atomic E-state index is 3.66. The minimum Gasteiger partial charge on any atom is -0.314 e. The predicted molar refractivity (Wildman–Crippen MR) is 71.8 cm³/mol. The number of nitrogens with one attached hydrogen (secondary N) is 1. The van der Waals surface area contributed by atoms with Gasteiger partial charge in [-0.05, 0) is 71.1 Å². The van der Waals surface area contributed by atoms with E-state index in [-0.39, 0.29) is 0 Å². The second-order valence-corrected chi connectivity index (χ2v) is 6.02. The zero-order valence-electron chi connectivity index (χ0n) is 11.6. The van der Waals surface area contributed by atoms with E-state index in [2.05, 4.69) is 38.0 Å². The van der Waals surface area contributed by atoms with Crippen molar-refractivity contribution in [3.8, 4) is 0 Å². The Balaban J connectivity index is 2.02. The fraction of sp³-hybridized carbons (Fsp3) is 1.00. The quantitative estimate of drug-likeness (QED) is 0.749. The van der Waals surface area contributed by atoms with Gasteiger partial charge in [-0.25, -0.2) is 0 Å². The largest absolute Gasteiger partial charge is 0.314 e. The SMILES string of the molecule is CC(C)CC(C)NCCC1CCN(C)CC1. The average Bonchev–Trinajstić information content (AvgIpc) is 2.20. The number of hydrogen-bond donors (Lipinski definition) is 1. The van der Waals surface area contributed by atoms with E-state index in [0.717, 1.165) is 11.8 Å². The molecule has 0 aromatic heterocycles. The normalized spacial score (nSPS) is 21.6. The molecular weight excluding hydrogens is 196 g/mol. The van der Waals surface area contributed by atoms with Crippen LogP contribution in [0.5, 0.6) is 0 Å². The Morgan fingerprint density at radius 2 is 1.81 bits per heavy atom. The summed E-state index contributed by atoms with van der Waals surface area (Å²) in [5.41, 5.74) is 0. The van der Waals surface area contributed by atoms with Crippen LogP contribution in [0.2, 0.25) is 0 Å². The van der Waals surface area contributed by atoms with Crippen LogP contribution in [0.25, 0.3) is 0 Å². The molecular formula is C14H30N2. The third-order valence-electron chi connectivity index (χ3n) is 3.71. The third-order valence-corrected chi connectivity index (χ3v) is 3.71. The lowest BCUT2D eigenvalue weighted by molar-refractivity contribution is 0.210. The van der Waals surface area contributed by atoms with Crippen molar-refractivity contribution in [2.45, 2.75) is 52.5 Å². The van der Waals surface area contributed by atoms with E-state index in [9.17, 15) is 0 Å². The first-order valence-corrected chi connectivity index (χ1v) is 7.00. The summed E-state index contributed by atoms with van der Waals surface area (Å²) in [5.74, 6) is 1.78. The number of piperidine rings is 1. The van der Waals surface area contributed by atoms with Gasteiger partial charge < -0.3 is 10.2 Å². The van der Waals surface area contributed by atoms with Crippen LogP contribution < -0.4 is 5.32 Å². The van der Waals surface area contributed by atoms with Crippen LogP contribution in [0.4, 0.5) is 0 Å². The standard InChI is InChI=1S/C14H30N2/c1-12(2)11-13(3)15-8-5-14-6-9-16(4)10-7-14/h12-15H,5-11H2,1-4H3. The molecule has 1 N–H and O–H groups in total. The van der Waals surface area contributed by atoms with E-state index in [0.29, 0.717) is 6.04 Å². The van der Waals surface area contributed by atoms with Gasteiger partial charge in [0.05, 0.1) is 0 Å². The first-order valence-electron chi connectivity index (χ1n) is 7.00. The fourth-order valence-corrected chi connectivity index (χ4v) is 2.68. The van der Waals surface area contributed by atoms with Crippen LogP contribution in [0.1, 0.15) is 46.5 Å². The molecule has 0 aromatic carbocycles. The Labute approximate surface area is 102 Å². The summed E-state index contributed by atoms with van der Waals surface area (Å²) in [6.45, 7) is 10.7. The van der Waals surface area contributed by atoms with Crippen molar-refractivity contribution in [3.63, 3.8) is 0 Å². The summed E-state index contributed by atoms with van der Waals surface area (Å²) in [5, 5.41) is 3.66. The number of rotatable bonds is 6. The Bertz CT molecular complexity index is 172. The van der Waals surface area contributed by atoms with Crippen LogP contribution in [0, 0.1) is 11.8 Å². The van der Waals surface area contributed by atoms with E-state index in [1.807, 2.05) is 0 Å². The average molecular weight is 226 g/mol. The molecule has 1 rings (SSSR count). The molecule has 1 heterocycles. The molecule has 0 radical (unpaired) electrons. The maximum Gasteiger partial charge on any atom is 0.00411 e. The highest BCUT2D eigenvalue weighted by Gasteiger charge is 2.16. The summed E-state index contributed by atoms with van der Waals surface area (Å²) in [7, 11) is 2.24. The topological polar surface area (TPSA) is 15.3 Å². The van der Waals surface area contributed by atoms with Gasteiger partial charge >= 0.3 is 0 Å². The molecule has 1 fully saturated rings. The van der Waals surface area contributed by atoms with Crippen molar-refractivity contribution in [2.24, 2.45) is 11.8 Å². The smallest absolute Gasteiger partial charge is 0.00411 e. The Morgan fingerprint density at radius 1 is 1.19 bits per heavy atom.